The number of carbonyl (C=O) groups excluding carboxylic acids is 1. The number of nitrogens with zero attached hydrogens (tertiary/aromatic N) is 1. The second-order valence-electron chi connectivity index (χ2n) is 10.5. The molecule has 0 amide bonds. The van der Waals surface area contributed by atoms with Crippen LogP contribution in [0.5, 0.6) is 0 Å². The van der Waals surface area contributed by atoms with Gasteiger partial charge in [0.25, 0.3) is 0 Å². The molecule has 0 spiro atoms. The molecule has 2 fully saturated rings. The normalized spacial score (nSPS) is 34.6. The molecule has 176 valence electrons. The highest BCUT2D eigenvalue weighted by Crippen LogP contribution is 2.64. The third kappa shape index (κ3) is 3.70. The van der Waals surface area contributed by atoms with Crippen LogP contribution in [0.1, 0.15) is 69.1 Å². The maximum atomic E-state index is 12.2. The van der Waals surface area contributed by atoms with Gasteiger partial charge in [-0.15, -0.1) is 0 Å². The van der Waals surface area contributed by atoms with Crippen molar-refractivity contribution in [1.82, 2.24) is 0 Å². The summed E-state index contributed by atoms with van der Waals surface area (Å²) in [5.74, 6) is 1.68. The monoisotopic (exact) mass is 449 g/mol. The van der Waals surface area contributed by atoms with Gasteiger partial charge in [-0.1, -0.05) is 41.9 Å². The Hall–Kier alpha value is -2.24. The summed E-state index contributed by atoms with van der Waals surface area (Å²) in [6, 6.07) is 8.13. The lowest BCUT2D eigenvalue weighted by atomic mass is 9.53. The summed E-state index contributed by atoms with van der Waals surface area (Å²) in [6.45, 7) is 2.44. The average molecular weight is 450 g/mol. The number of ketones is 1. The lowest BCUT2D eigenvalue weighted by Gasteiger charge is -2.53. The van der Waals surface area contributed by atoms with Crippen LogP contribution in [0.3, 0.4) is 0 Å². The quantitative estimate of drug-likeness (QED) is 0.359. The van der Waals surface area contributed by atoms with Gasteiger partial charge in [-0.2, -0.15) is 0 Å². The van der Waals surface area contributed by atoms with Gasteiger partial charge < -0.3 is 14.7 Å². The molecule has 0 saturated heterocycles. The van der Waals surface area contributed by atoms with Crippen molar-refractivity contribution in [3.63, 3.8) is 0 Å². The van der Waals surface area contributed by atoms with Crippen LogP contribution < -0.4 is 0 Å². The second kappa shape index (κ2) is 8.84. The summed E-state index contributed by atoms with van der Waals surface area (Å²) in [5, 5.41) is 12.0. The van der Waals surface area contributed by atoms with E-state index in [1.54, 1.807) is 5.57 Å². The molecule has 1 unspecified atom stereocenters. The number of oxime groups is 1. The fourth-order valence-electron chi connectivity index (χ4n) is 7.71. The maximum absolute atomic E-state index is 12.2. The van der Waals surface area contributed by atoms with Gasteiger partial charge >= 0.3 is 0 Å². The van der Waals surface area contributed by atoms with E-state index in [9.17, 15) is 4.79 Å². The fraction of sp³-hybridized carbons (Fsp3) is 0.571. The Bertz CT molecular complexity index is 1010. The van der Waals surface area contributed by atoms with Crippen molar-refractivity contribution < 1.29 is 19.5 Å². The first kappa shape index (κ1) is 22.5. The van der Waals surface area contributed by atoms with E-state index in [1.165, 1.54) is 23.8 Å². The summed E-state index contributed by atoms with van der Waals surface area (Å²) < 4.78 is 12.3. The van der Waals surface area contributed by atoms with E-state index in [1.807, 2.05) is 32.4 Å². The molecule has 0 radical (unpaired) electrons. The number of rotatable bonds is 5. The third-order valence-electron chi connectivity index (χ3n) is 9.06. The third-order valence-corrected chi connectivity index (χ3v) is 9.06. The van der Waals surface area contributed by atoms with E-state index in [0.29, 0.717) is 18.3 Å². The van der Waals surface area contributed by atoms with Crippen molar-refractivity contribution in [2.24, 2.45) is 28.3 Å². The number of benzene rings is 1. The standard InChI is InChI=1S/C28H35NO4/c1-28-15-23(27(33-3)18-6-4-17(5-7-18)16-29-31)26-21-11-9-20(30)14-19(21)8-10-22(26)24(28)12-13-25(28)32-2/h4-7,14,16,22-25,27,31H,8-13,15H2,1-3H3/b29-16+/t22-,23-,24-,25-,27?,28-/m0/s1. The Morgan fingerprint density at radius 2 is 1.91 bits per heavy atom. The molecule has 0 bridgehead atoms. The van der Waals surface area contributed by atoms with Crippen LogP contribution in [-0.2, 0) is 14.3 Å². The van der Waals surface area contributed by atoms with Gasteiger partial charge in [0, 0.05) is 26.6 Å². The van der Waals surface area contributed by atoms with Crippen LogP contribution in [0.25, 0.3) is 0 Å². The molecular weight excluding hydrogens is 414 g/mol. The highest BCUT2D eigenvalue weighted by molar-refractivity contribution is 5.93. The zero-order valence-corrected chi connectivity index (χ0v) is 19.9. The molecule has 5 heteroatoms. The summed E-state index contributed by atoms with van der Waals surface area (Å²) in [5.41, 5.74) is 6.41. The topological polar surface area (TPSA) is 68.1 Å². The van der Waals surface area contributed by atoms with Gasteiger partial charge in [0.05, 0.1) is 18.4 Å². The van der Waals surface area contributed by atoms with E-state index < -0.39 is 0 Å². The predicted molar refractivity (Wildman–Crippen MR) is 127 cm³/mol. The highest BCUT2D eigenvalue weighted by Gasteiger charge is 2.58. The summed E-state index contributed by atoms with van der Waals surface area (Å²) >= 11 is 0. The molecule has 0 heterocycles. The van der Waals surface area contributed by atoms with Crippen LogP contribution in [0.15, 0.2) is 52.2 Å². The van der Waals surface area contributed by atoms with Crippen LogP contribution in [0.2, 0.25) is 0 Å². The minimum absolute atomic E-state index is 0.0667. The van der Waals surface area contributed by atoms with E-state index in [-0.39, 0.29) is 29.3 Å². The summed E-state index contributed by atoms with van der Waals surface area (Å²) in [7, 11) is 3.68. The van der Waals surface area contributed by atoms with Gasteiger partial charge in [-0.05, 0) is 84.1 Å². The van der Waals surface area contributed by atoms with Gasteiger partial charge in [0.1, 0.15) is 0 Å². The molecule has 5 nitrogen and oxygen atoms in total. The number of methoxy groups -OCH3 is 2. The number of allylic oxidation sites excluding steroid dienone is 3. The lowest BCUT2D eigenvalue weighted by molar-refractivity contribution is -0.114. The fourth-order valence-corrected chi connectivity index (χ4v) is 7.71. The Morgan fingerprint density at radius 3 is 2.61 bits per heavy atom. The predicted octanol–water partition coefficient (Wildman–Crippen LogP) is 5.63. The van der Waals surface area contributed by atoms with Gasteiger partial charge in [-0.3, -0.25) is 4.79 Å². The molecule has 1 aromatic rings. The SMILES string of the molecule is COC(c1ccc(/C=N/O)cc1)[C@H]1C[C@]2(C)[C@@H](OC)CC[C@H]2[C@@H]2CCC3=CC(=O)CCC3=C21. The van der Waals surface area contributed by atoms with Gasteiger partial charge in [0.15, 0.2) is 5.78 Å². The van der Waals surface area contributed by atoms with Crippen molar-refractivity contribution in [1.29, 1.82) is 0 Å². The Balaban J connectivity index is 1.62. The first-order valence-corrected chi connectivity index (χ1v) is 12.3. The Labute approximate surface area is 196 Å². The minimum Gasteiger partial charge on any atom is -0.411 e. The summed E-state index contributed by atoms with van der Waals surface area (Å²) in [6.07, 6.45) is 10.6. The maximum Gasteiger partial charge on any atom is 0.156 e. The van der Waals surface area contributed by atoms with Crippen molar-refractivity contribution in [2.45, 2.75) is 64.1 Å². The van der Waals surface area contributed by atoms with E-state index in [2.05, 4.69) is 24.2 Å². The van der Waals surface area contributed by atoms with Crippen molar-refractivity contribution >= 4 is 12.0 Å². The Morgan fingerprint density at radius 1 is 1.12 bits per heavy atom. The largest absolute Gasteiger partial charge is 0.411 e. The molecule has 1 N–H and O–H groups in total. The zero-order chi connectivity index (χ0) is 23.2. The summed E-state index contributed by atoms with van der Waals surface area (Å²) in [4.78, 5) is 12.2. The lowest BCUT2D eigenvalue weighted by Crippen LogP contribution is -2.47. The van der Waals surface area contributed by atoms with Crippen LogP contribution in [-0.4, -0.2) is 37.5 Å². The van der Waals surface area contributed by atoms with Gasteiger partial charge in [0.2, 0.25) is 0 Å². The molecule has 1 aromatic carbocycles. The molecule has 4 aliphatic carbocycles. The molecule has 4 aliphatic rings. The van der Waals surface area contributed by atoms with Crippen LogP contribution >= 0.6 is 0 Å². The molecular formula is C28H35NO4. The molecule has 6 atom stereocenters. The van der Waals surface area contributed by atoms with Crippen molar-refractivity contribution in [2.75, 3.05) is 14.2 Å². The second-order valence-corrected chi connectivity index (χ2v) is 10.5. The molecule has 0 aromatic heterocycles. The van der Waals surface area contributed by atoms with Crippen LogP contribution in [0.4, 0.5) is 0 Å². The van der Waals surface area contributed by atoms with Crippen LogP contribution in [0, 0.1) is 23.2 Å². The minimum atomic E-state index is -0.0667. The van der Waals surface area contributed by atoms with E-state index >= 15 is 0 Å². The van der Waals surface area contributed by atoms with E-state index in [4.69, 9.17) is 14.7 Å². The number of fused-ring (bicyclic) bond motifs is 4. The van der Waals surface area contributed by atoms with E-state index in [0.717, 1.165) is 43.2 Å². The highest BCUT2D eigenvalue weighted by atomic mass is 16.5. The Kier molecular flexibility index (Phi) is 6.04. The first-order chi connectivity index (χ1) is 16.0. The number of ether oxygens (including phenoxy) is 2. The smallest absolute Gasteiger partial charge is 0.156 e. The van der Waals surface area contributed by atoms with Crippen molar-refractivity contribution in [3.8, 4) is 0 Å². The number of hydrogen-bond donors (Lipinski definition) is 1. The zero-order valence-electron chi connectivity index (χ0n) is 19.9. The first-order valence-electron chi connectivity index (χ1n) is 12.3. The number of hydrogen-bond acceptors (Lipinski definition) is 5. The molecule has 5 rings (SSSR count). The van der Waals surface area contributed by atoms with Gasteiger partial charge in [-0.25, -0.2) is 0 Å². The molecule has 0 aliphatic heterocycles. The molecule has 2 saturated carbocycles. The number of carbonyl (C=O) groups is 1. The molecule has 33 heavy (non-hydrogen) atoms. The average Bonchev–Trinajstić information content (AvgIpc) is 3.16. The van der Waals surface area contributed by atoms with Crippen molar-refractivity contribution in [3.05, 3.63) is 58.2 Å².